The lowest BCUT2D eigenvalue weighted by Crippen LogP contribution is -2.18. The molecule has 194 valence electrons. The Hall–Kier alpha value is -4.29. The number of benzene rings is 5. The van der Waals surface area contributed by atoms with E-state index in [9.17, 15) is 0 Å². The lowest BCUT2D eigenvalue weighted by atomic mass is 9.85. The van der Waals surface area contributed by atoms with Gasteiger partial charge in [-0.3, -0.25) is 2.78 Å². The topological polar surface area (TPSA) is 14.3 Å². The molecule has 41 heavy (non-hydrogen) atoms. The van der Waals surface area contributed by atoms with E-state index in [0.29, 0.717) is 0 Å². The molecule has 9 aromatic rings. The molecule has 3 nitrogen and oxygen atoms in total. The number of rotatable bonds is 1. The Bertz CT molecular complexity index is 2560. The molecule has 0 saturated heterocycles. The zero-order valence-corrected chi connectivity index (χ0v) is 24.8. The summed E-state index contributed by atoms with van der Waals surface area (Å²) in [6, 6.07) is 40.4. The molecule has 0 amide bonds. The van der Waals surface area contributed by atoms with Crippen molar-refractivity contribution in [3.63, 3.8) is 0 Å². The zero-order chi connectivity index (χ0) is 27.2. The number of fused-ring (bicyclic) bond motifs is 10. The maximum absolute atomic E-state index is 2.67. The second-order valence-electron chi connectivity index (χ2n) is 12.0. The summed E-state index contributed by atoms with van der Waals surface area (Å²) in [5.74, 6) is 0. The van der Waals surface area contributed by atoms with Gasteiger partial charge in [0.05, 0.1) is 56.0 Å². The van der Waals surface area contributed by atoms with E-state index in [-0.39, 0.29) is 5.41 Å². The van der Waals surface area contributed by atoms with E-state index in [1.807, 2.05) is 0 Å². The monoisotopic (exact) mass is 637 g/mol. The van der Waals surface area contributed by atoms with Crippen LogP contribution in [0.2, 0.25) is 0 Å². The van der Waals surface area contributed by atoms with Crippen LogP contribution >= 0.6 is 22.9 Å². The van der Waals surface area contributed by atoms with E-state index >= 15 is 0 Å². The molecule has 10 rings (SSSR count). The van der Waals surface area contributed by atoms with E-state index < -0.39 is 0 Å². The van der Waals surface area contributed by atoms with Gasteiger partial charge in [0.15, 0.2) is 0 Å². The molecule has 0 spiro atoms. The molecular formula is C37H24IN3. The first-order valence-electron chi connectivity index (χ1n) is 14.2. The highest BCUT2D eigenvalue weighted by atomic mass is 127. The van der Waals surface area contributed by atoms with Crippen LogP contribution in [0.25, 0.3) is 76.8 Å². The second kappa shape index (κ2) is 7.31. The van der Waals surface area contributed by atoms with Crippen LogP contribution in [0.3, 0.4) is 0 Å². The number of halogens is 1. The fraction of sp³-hybridized carbons (Fsp3) is 0.0811. The van der Waals surface area contributed by atoms with Crippen molar-refractivity contribution < 1.29 is 0 Å². The molecule has 1 aliphatic carbocycles. The van der Waals surface area contributed by atoms with Gasteiger partial charge >= 0.3 is 0 Å². The van der Waals surface area contributed by atoms with Crippen molar-refractivity contribution in [3.8, 4) is 16.8 Å². The second-order valence-corrected chi connectivity index (χ2v) is 12.9. The highest BCUT2D eigenvalue weighted by Crippen LogP contribution is 2.55. The highest BCUT2D eigenvalue weighted by Gasteiger charge is 2.40. The van der Waals surface area contributed by atoms with E-state index in [2.05, 4.69) is 158 Å². The maximum atomic E-state index is 2.67. The molecule has 4 heteroatoms. The molecular weight excluding hydrogens is 613 g/mol. The van der Waals surface area contributed by atoms with Crippen molar-refractivity contribution in [1.82, 2.24) is 11.7 Å². The van der Waals surface area contributed by atoms with E-state index in [1.54, 1.807) is 0 Å². The normalized spacial score (nSPS) is 14.4. The van der Waals surface area contributed by atoms with E-state index in [0.717, 1.165) is 0 Å². The van der Waals surface area contributed by atoms with Gasteiger partial charge in [-0.15, -0.1) is 0 Å². The first kappa shape index (κ1) is 22.4. The van der Waals surface area contributed by atoms with E-state index in [4.69, 9.17) is 0 Å². The third-order valence-electron chi connectivity index (χ3n) is 9.63. The largest absolute Gasteiger partial charge is 0.309 e. The van der Waals surface area contributed by atoms with Gasteiger partial charge in [0, 0.05) is 43.9 Å². The van der Waals surface area contributed by atoms with Crippen LogP contribution in [0.4, 0.5) is 0 Å². The third-order valence-corrected chi connectivity index (χ3v) is 10.7. The van der Waals surface area contributed by atoms with Gasteiger partial charge in [0.2, 0.25) is 0 Å². The van der Waals surface area contributed by atoms with Crippen LogP contribution in [0.15, 0.2) is 109 Å². The Kier molecular flexibility index (Phi) is 4.00. The number of hydrogen-bond acceptors (Lipinski definition) is 0. The van der Waals surface area contributed by atoms with Crippen LogP contribution in [0, 0.1) is 0 Å². The number of hydrogen-bond donors (Lipinski definition) is 0. The van der Waals surface area contributed by atoms with E-state index in [1.165, 1.54) is 88.1 Å². The van der Waals surface area contributed by atoms with Crippen molar-refractivity contribution in [3.05, 3.63) is 120 Å². The molecule has 4 heterocycles. The predicted molar refractivity (Wildman–Crippen MR) is 180 cm³/mol. The van der Waals surface area contributed by atoms with Gasteiger partial charge in [-0.25, -0.2) is 0 Å². The molecule has 0 atom stereocenters. The van der Waals surface area contributed by atoms with Crippen LogP contribution in [0.5, 0.6) is 0 Å². The Morgan fingerprint density at radius 1 is 0.561 bits per heavy atom. The van der Waals surface area contributed by atoms with Gasteiger partial charge in [-0.2, -0.15) is 0 Å². The fourth-order valence-corrected chi connectivity index (χ4v) is 8.88. The Morgan fingerprint density at radius 3 is 2.15 bits per heavy atom. The minimum Gasteiger partial charge on any atom is -0.309 e. The van der Waals surface area contributed by atoms with Crippen molar-refractivity contribution in [1.29, 1.82) is 0 Å². The van der Waals surface area contributed by atoms with Crippen molar-refractivity contribution in [2.75, 3.05) is 0 Å². The first-order valence-corrected chi connectivity index (χ1v) is 15.1. The molecule has 0 N–H and O–H groups in total. The van der Waals surface area contributed by atoms with Gasteiger partial charge in [-0.1, -0.05) is 86.6 Å². The Balaban J connectivity index is 1.63. The molecule has 0 unspecified atom stereocenters. The van der Waals surface area contributed by atoms with Gasteiger partial charge in [-0.05, 0) is 52.9 Å². The molecule has 0 fully saturated rings. The predicted octanol–water partition coefficient (Wildman–Crippen LogP) is 10.2. The lowest BCUT2D eigenvalue weighted by molar-refractivity contribution is 0.632. The zero-order valence-electron chi connectivity index (χ0n) is 22.6. The fourth-order valence-electron chi connectivity index (χ4n) is 8.07. The summed E-state index contributed by atoms with van der Waals surface area (Å²) >= 11 is 2.50. The van der Waals surface area contributed by atoms with Crippen LogP contribution < -0.4 is 0 Å². The quantitative estimate of drug-likeness (QED) is 0.159. The molecule has 0 aliphatic heterocycles. The first-order chi connectivity index (χ1) is 20.1. The smallest absolute Gasteiger partial charge is 0.0804 e. The summed E-state index contributed by atoms with van der Waals surface area (Å²) in [6.07, 6.45) is 0. The molecule has 0 saturated carbocycles. The third kappa shape index (κ3) is 2.45. The average molecular weight is 638 g/mol. The molecule has 4 aromatic heterocycles. The SMILES string of the molecule is CC1(C)c2ccccc2-c2c1n1c3c(ccc4c3c3c2cccc3n4I)c2c1c1ccccc1n2-c1ccccc1. The van der Waals surface area contributed by atoms with Gasteiger partial charge in [0.25, 0.3) is 0 Å². The van der Waals surface area contributed by atoms with Crippen molar-refractivity contribution in [2.24, 2.45) is 0 Å². The maximum Gasteiger partial charge on any atom is 0.0804 e. The molecule has 0 bridgehead atoms. The Morgan fingerprint density at radius 2 is 1.27 bits per heavy atom. The van der Waals surface area contributed by atoms with Crippen molar-refractivity contribution >= 4 is 82.9 Å². The summed E-state index contributed by atoms with van der Waals surface area (Å²) < 4.78 is 7.50. The minimum atomic E-state index is -0.186. The number of nitrogens with zero attached hydrogens (tertiary/aromatic N) is 3. The number of para-hydroxylation sites is 2. The molecule has 5 aromatic carbocycles. The summed E-state index contributed by atoms with van der Waals surface area (Å²) in [5, 5.41) is 6.63. The summed E-state index contributed by atoms with van der Waals surface area (Å²) in [5.41, 5.74) is 14.2. The van der Waals surface area contributed by atoms with Gasteiger partial charge in [0.1, 0.15) is 0 Å². The van der Waals surface area contributed by atoms with Crippen LogP contribution in [-0.4, -0.2) is 11.7 Å². The Labute approximate surface area is 250 Å². The molecule has 1 aliphatic rings. The van der Waals surface area contributed by atoms with Crippen LogP contribution in [-0.2, 0) is 5.41 Å². The average Bonchev–Trinajstić information content (AvgIpc) is 3.64. The van der Waals surface area contributed by atoms with Gasteiger partial charge < -0.3 is 8.97 Å². The summed E-state index contributed by atoms with van der Waals surface area (Å²) in [4.78, 5) is 0. The van der Waals surface area contributed by atoms with Crippen LogP contribution in [0.1, 0.15) is 25.1 Å². The van der Waals surface area contributed by atoms with Crippen molar-refractivity contribution in [2.45, 2.75) is 19.3 Å². The standard InChI is InChI=1S/C37H24IN3/c1-37(2)26-16-8-6-13-22(26)30-24-15-10-18-28-31(24)32-29(41(28)38)20-19-25-33(32)40(36(30)37)34-23-14-7-9-17-27(23)39(35(25)34)21-11-4-3-5-12-21/h3-20H,1-2H3. The molecule has 0 radical (unpaired) electrons. The lowest BCUT2D eigenvalue weighted by Gasteiger charge is -2.22. The minimum absolute atomic E-state index is 0.186. The summed E-state index contributed by atoms with van der Waals surface area (Å²) in [6.45, 7) is 4.83. The highest BCUT2D eigenvalue weighted by molar-refractivity contribution is 14.1. The number of aromatic nitrogens is 3. The summed E-state index contributed by atoms with van der Waals surface area (Å²) in [7, 11) is 0.